The molecule has 0 fully saturated rings. The standard InChI is InChI=1S/C13H10N2O2/c1-9-5-6-12(17-9)13(16)15-11-4-2-3-10(7-11)8-14/h2-7H,1H3,(H,15,16). The maximum atomic E-state index is 11.7. The Morgan fingerprint density at radius 1 is 1.35 bits per heavy atom. The van der Waals surface area contributed by atoms with E-state index in [1.807, 2.05) is 6.07 Å². The van der Waals surface area contributed by atoms with Crippen molar-refractivity contribution >= 4 is 11.6 Å². The molecule has 1 heterocycles. The van der Waals surface area contributed by atoms with E-state index in [1.54, 1.807) is 43.3 Å². The Balaban J connectivity index is 2.16. The zero-order valence-electron chi connectivity index (χ0n) is 9.23. The first-order valence-electron chi connectivity index (χ1n) is 5.07. The van der Waals surface area contributed by atoms with Crippen molar-refractivity contribution in [2.45, 2.75) is 6.92 Å². The third-order valence-electron chi connectivity index (χ3n) is 2.21. The van der Waals surface area contributed by atoms with Crippen LogP contribution in [-0.4, -0.2) is 5.91 Å². The molecule has 0 spiro atoms. The molecule has 4 nitrogen and oxygen atoms in total. The number of carbonyl (C=O) groups is 1. The molecule has 4 heteroatoms. The molecule has 0 saturated carbocycles. The predicted molar refractivity (Wildman–Crippen MR) is 62.6 cm³/mol. The lowest BCUT2D eigenvalue weighted by Gasteiger charge is -2.02. The van der Waals surface area contributed by atoms with Gasteiger partial charge in [0.15, 0.2) is 5.76 Å². The fourth-order valence-corrected chi connectivity index (χ4v) is 1.42. The highest BCUT2D eigenvalue weighted by molar-refractivity contribution is 6.02. The lowest BCUT2D eigenvalue weighted by molar-refractivity contribution is 0.0995. The van der Waals surface area contributed by atoms with Gasteiger partial charge in [0, 0.05) is 5.69 Å². The summed E-state index contributed by atoms with van der Waals surface area (Å²) in [4.78, 5) is 11.7. The van der Waals surface area contributed by atoms with Crippen LogP contribution in [0.25, 0.3) is 0 Å². The average Bonchev–Trinajstić information content (AvgIpc) is 2.76. The second kappa shape index (κ2) is 4.54. The SMILES string of the molecule is Cc1ccc(C(=O)Nc2cccc(C#N)c2)o1. The van der Waals surface area contributed by atoms with Gasteiger partial charge in [-0.1, -0.05) is 6.07 Å². The molecule has 0 radical (unpaired) electrons. The molecule has 1 amide bonds. The Kier molecular flexibility index (Phi) is 2.93. The molecule has 0 aliphatic carbocycles. The van der Waals surface area contributed by atoms with Crippen molar-refractivity contribution < 1.29 is 9.21 Å². The minimum atomic E-state index is -0.326. The Morgan fingerprint density at radius 3 is 2.82 bits per heavy atom. The van der Waals surface area contributed by atoms with Gasteiger partial charge in [0.25, 0.3) is 5.91 Å². The second-order valence-electron chi connectivity index (χ2n) is 3.56. The number of rotatable bonds is 2. The average molecular weight is 226 g/mol. The van der Waals surface area contributed by atoms with Crippen molar-refractivity contribution in [1.29, 1.82) is 5.26 Å². The molecule has 0 saturated heterocycles. The normalized spacial score (nSPS) is 9.65. The minimum Gasteiger partial charge on any atom is -0.456 e. The fraction of sp³-hybridized carbons (Fsp3) is 0.0769. The number of carbonyl (C=O) groups excluding carboxylic acids is 1. The Bertz CT molecular complexity index is 593. The van der Waals surface area contributed by atoms with Gasteiger partial charge < -0.3 is 9.73 Å². The number of nitrogens with one attached hydrogen (secondary N) is 1. The Hall–Kier alpha value is -2.54. The van der Waals surface area contributed by atoms with Crippen molar-refractivity contribution in [3.05, 3.63) is 53.5 Å². The lowest BCUT2D eigenvalue weighted by atomic mass is 10.2. The summed E-state index contributed by atoms with van der Waals surface area (Å²) in [7, 11) is 0. The summed E-state index contributed by atoms with van der Waals surface area (Å²) in [6, 6.07) is 12.0. The van der Waals surface area contributed by atoms with E-state index in [-0.39, 0.29) is 11.7 Å². The van der Waals surface area contributed by atoms with E-state index >= 15 is 0 Å². The van der Waals surface area contributed by atoms with Crippen molar-refractivity contribution in [2.75, 3.05) is 5.32 Å². The number of amides is 1. The van der Waals surface area contributed by atoms with Gasteiger partial charge in [-0.15, -0.1) is 0 Å². The summed E-state index contributed by atoms with van der Waals surface area (Å²) < 4.78 is 5.20. The van der Waals surface area contributed by atoms with Crippen molar-refractivity contribution in [2.24, 2.45) is 0 Å². The largest absolute Gasteiger partial charge is 0.456 e. The van der Waals surface area contributed by atoms with Crippen LogP contribution in [0.3, 0.4) is 0 Å². The van der Waals surface area contributed by atoms with Gasteiger partial charge in [0.1, 0.15) is 5.76 Å². The van der Waals surface area contributed by atoms with Gasteiger partial charge in [-0.05, 0) is 37.3 Å². The minimum absolute atomic E-state index is 0.255. The number of furan rings is 1. The number of hydrogen-bond donors (Lipinski definition) is 1. The van der Waals surface area contributed by atoms with Crippen molar-refractivity contribution in [1.82, 2.24) is 0 Å². The molecule has 0 bridgehead atoms. The molecule has 84 valence electrons. The highest BCUT2D eigenvalue weighted by Crippen LogP contribution is 2.13. The summed E-state index contributed by atoms with van der Waals surface area (Å²) in [5, 5.41) is 11.4. The topological polar surface area (TPSA) is 66.0 Å². The van der Waals surface area contributed by atoms with Crippen LogP contribution in [0.5, 0.6) is 0 Å². The van der Waals surface area contributed by atoms with Crippen molar-refractivity contribution in [3.8, 4) is 6.07 Å². The molecule has 2 rings (SSSR count). The molecule has 0 aliphatic heterocycles. The van der Waals surface area contributed by atoms with Gasteiger partial charge in [-0.3, -0.25) is 4.79 Å². The van der Waals surface area contributed by atoms with E-state index in [0.717, 1.165) is 0 Å². The molecular weight excluding hydrogens is 216 g/mol. The van der Waals surface area contributed by atoms with Crippen LogP contribution in [0, 0.1) is 18.3 Å². The quantitative estimate of drug-likeness (QED) is 0.856. The zero-order chi connectivity index (χ0) is 12.3. The molecule has 17 heavy (non-hydrogen) atoms. The number of anilines is 1. The maximum Gasteiger partial charge on any atom is 0.291 e. The second-order valence-corrected chi connectivity index (χ2v) is 3.56. The number of aryl methyl sites for hydroxylation is 1. The van der Waals surface area contributed by atoms with Crippen molar-refractivity contribution in [3.63, 3.8) is 0 Å². The molecule has 1 N–H and O–H groups in total. The van der Waals surface area contributed by atoms with E-state index < -0.39 is 0 Å². The number of hydrogen-bond acceptors (Lipinski definition) is 3. The van der Waals surface area contributed by atoms with Crippen LogP contribution in [0.15, 0.2) is 40.8 Å². The summed E-state index contributed by atoms with van der Waals surface area (Å²) >= 11 is 0. The highest BCUT2D eigenvalue weighted by atomic mass is 16.3. The first-order chi connectivity index (χ1) is 8.19. The molecular formula is C13H10N2O2. The predicted octanol–water partition coefficient (Wildman–Crippen LogP) is 2.71. The van der Waals surface area contributed by atoms with E-state index in [2.05, 4.69) is 5.32 Å². The van der Waals surface area contributed by atoms with E-state index in [1.165, 1.54) is 0 Å². The third kappa shape index (κ3) is 2.52. The summed E-state index contributed by atoms with van der Waals surface area (Å²) in [6.45, 7) is 1.77. The molecule has 1 aromatic heterocycles. The van der Waals surface area contributed by atoms with E-state index in [0.29, 0.717) is 17.0 Å². The third-order valence-corrected chi connectivity index (χ3v) is 2.21. The first kappa shape index (κ1) is 11.0. The lowest BCUT2D eigenvalue weighted by Crippen LogP contribution is -2.10. The molecule has 0 unspecified atom stereocenters. The molecule has 1 aromatic carbocycles. The number of benzene rings is 1. The van der Waals surface area contributed by atoms with Crippen LogP contribution in [-0.2, 0) is 0 Å². The molecule has 0 atom stereocenters. The number of nitrogens with zero attached hydrogens (tertiary/aromatic N) is 1. The number of nitriles is 1. The molecule has 2 aromatic rings. The van der Waals surface area contributed by atoms with E-state index in [9.17, 15) is 4.79 Å². The van der Waals surface area contributed by atoms with Gasteiger partial charge in [0.05, 0.1) is 11.6 Å². The van der Waals surface area contributed by atoms with Crippen LogP contribution in [0.2, 0.25) is 0 Å². The van der Waals surface area contributed by atoms with E-state index in [4.69, 9.17) is 9.68 Å². The van der Waals surface area contributed by atoms with Crippen LogP contribution in [0.1, 0.15) is 21.9 Å². The summed E-state index contributed by atoms with van der Waals surface area (Å²) in [6.07, 6.45) is 0. The summed E-state index contributed by atoms with van der Waals surface area (Å²) in [5.74, 6) is 0.610. The first-order valence-corrected chi connectivity index (χ1v) is 5.07. The van der Waals surface area contributed by atoms with Gasteiger partial charge in [-0.2, -0.15) is 5.26 Å². The summed E-state index contributed by atoms with van der Waals surface area (Å²) in [5.41, 5.74) is 1.07. The Labute approximate surface area is 98.5 Å². The van der Waals surface area contributed by atoms with Crippen LogP contribution < -0.4 is 5.32 Å². The van der Waals surface area contributed by atoms with Gasteiger partial charge in [0.2, 0.25) is 0 Å². The molecule has 0 aliphatic rings. The highest BCUT2D eigenvalue weighted by Gasteiger charge is 2.10. The fourth-order valence-electron chi connectivity index (χ4n) is 1.42. The van der Waals surface area contributed by atoms with Crippen LogP contribution in [0.4, 0.5) is 5.69 Å². The smallest absolute Gasteiger partial charge is 0.291 e. The van der Waals surface area contributed by atoms with Gasteiger partial charge in [-0.25, -0.2) is 0 Å². The zero-order valence-corrected chi connectivity index (χ0v) is 9.23. The monoisotopic (exact) mass is 226 g/mol. The maximum absolute atomic E-state index is 11.7. The van der Waals surface area contributed by atoms with Gasteiger partial charge >= 0.3 is 0 Å². The Morgan fingerprint density at radius 2 is 2.18 bits per heavy atom. The van der Waals surface area contributed by atoms with Crippen LogP contribution >= 0.6 is 0 Å².